The van der Waals surface area contributed by atoms with Crippen LogP contribution in [-0.2, 0) is 18.2 Å². The molecule has 0 bridgehead atoms. The summed E-state index contributed by atoms with van der Waals surface area (Å²) in [6, 6.07) is 0.230. The molecule has 0 saturated heterocycles. The highest BCUT2D eigenvalue weighted by Crippen LogP contribution is 2.33. The van der Waals surface area contributed by atoms with Crippen molar-refractivity contribution >= 4 is 11.5 Å². The van der Waals surface area contributed by atoms with Gasteiger partial charge in [0.25, 0.3) is 0 Å². The van der Waals surface area contributed by atoms with E-state index in [4.69, 9.17) is 4.74 Å². The minimum absolute atomic E-state index is 0.116. The van der Waals surface area contributed by atoms with Crippen molar-refractivity contribution in [3.63, 3.8) is 0 Å². The maximum atomic E-state index is 11.2. The number of nitrogens with zero attached hydrogens (tertiary/aromatic N) is 3. The second-order valence-electron chi connectivity index (χ2n) is 4.95. The molecule has 0 atom stereocenters. The van der Waals surface area contributed by atoms with Gasteiger partial charge in [-0.15, -0.1) is 0 Å². The Labute approximate surface area is 112 Å². The van der Waals surface area contributed by atoms with E-state index in [9.17, 15) is 10.1 Å². The van der Waals surface area contributed by atoms with Crippen LogP contribution in [0, 0.1) is 10.1 Å². The van der Waals surface area contributed by atoms with Gasteiger partial charge < -0.3 is 10.1 Å². The molecule has 1 aliphatic rings. The fourth-order valence-corrected chi connectivity index (χ4v) is 2.40. The number of anilines is 1. The Morgan fingerprint density at radius 1 is 1.58 bits per heavy atom. The summed E-state index contributed by atoms with van der Waals surface area (Å²) in [7, 11) is 3.42. The van der Waals surface area contributed by atoms with Gasteiger partial charge in [-0.3, -0.25) is 10.1 Å². The molecule has 0 spiro atoms. The van der Waals surface area contributed by atoms with Crippen LogP contribution in [0.4, 0.5) is 11.5 Å². The van der Waals surface area contributed by atoms with Gasteiger partial charge in [0.05, 0.1) is 11.0 Å². The number of aromatic nitrogens is 2. The molecule has 1 aromatic heterocycles. The highest BCUT2D eigenvalue weighted by Gasteiger charge is 2.33. The van der Waals surface area contributed by atoms with Crippen LogP contribution in [0.2, 0.25) is 0 Å². The van der Waals surface area contributed by atoms with E-state index in [-0.39, 0.29) is 22.8 Å². The number of nitro groups is 1. The predicted molar refractivity (Wildman–Crippen MR) is 71.3 cm³/mol. The Kier molecular flexibility index (Phi) is 4.04. The predicted octanol–water partition coefficient (Wildman–Crippen LogP) is 1.87. The van der Waals surface area contributed by atoms with Gasteiger partial charge in [-0.1, -0.05) is 13.3 Å². The standard InChI is InChI=1S/C12H20N4O3/c1-4-5-10-11(16(17)18)12(15(2)14-10)13-8-6-9(7-8)19-3/h8-9,13H,4-7H2,1-3H3. The molecule has 1 fully saturated rings. The molecule has 1 aromatic rings. The van der Waals surface area contributed by atoms with Gasteiger partial charge in [0.1, 0.15) is 5.69 Å². The van der Waals surface area contributed by atoms with Gasteiger partial charge in [0.2, 0.25) is 5.82 Å². The minimum atomic E-state index is -0.340. The van der Waals surface area contributed by atoms with Crippen LogP contribution in [0.3, 0.4) is 0 Å². The van der Waals surface area contributed by atoms with Gasteiger partial charge in [-0.2, -0.15) is 5.10 Å². The average molecular weight is 268 g/mol. The van der Waals surface area contributed by atoms with Crippen LogP contribution in [0.1, 0.15) is 31.9 Å². The van der Waals surface area contributed by atoms with Crippen molar-refractivity contribution in [3.05, 3.63) is 15.8 Å². The molecule has 7 heteroatoms. The van der Waals surface area contributed by atoms with Crippen molar-refractivity contribution in [3.8, 4) is 0 Å². The zero-order valence-corrected chi connectivity index (χ0v) is 11.5. The molecule has 106 valence electrons. The number of nitrogens with one attached hydrogen (secondary N) is 1. The van der Waals surface area contributed by atoms with Gasteiger partial charge in [-0.25, -0.2) is 4.68 Å². The third-order valence-corrected chi connectivity index (χ3v) is 3.53. The largest absolute Gasteiger partial charge is 0.381 e. The molecule has 1 saturated carbocycles. The van der Waals surface area contributed by atoms with Gasteiger partial charge >= 0.3 is 5.69 Å². The molecule has 0 amide bonds. The van der Waals surface area contributed by atoms with E-state index in [1.165, 1.54) is 0 Å². The first-order chi connectivity index (χ1) is 9.06. The van der Waals surface area contributed by atoms with E-state index in [1.807, 2.05) is 6.92 Å². The number of aryl methyl sites for hydroxylation is 2. The number of rotatable bonds is 6. The average Bonchev–Trinajstić information content (AvgIpc) is 2.60. The second kappa shape index (κ2) is 5.56. The smallest absolute Gasteiger partial charge is 0.333 e. The lowest BCUT2D eigenvalue weighted by atomic mass is 9.89. The summed E-state index contributed by atoms with van der Waals surface area (Å²) in [6.07, 6.45) is 3.48. The van der Waals surface area contributed by atoms with Crippen LogP contribution < -0.4 is 5.32 Å². The van der Waals surface area contributed by atoms with Gasteiger partial charge in [0, 0.05) is 20.2 Å². The van der Waals surface area contributed by atoms with Crippen LogP contribution in [0.25, 0.3) is 0 Å². The zero-order chi connectivity index (χ0) is 14.0. The first kappa shape index (κ1) is 13.8. The molecule has 0 aliphatic heterocycles. The monoisotopic (exact) mass is 268 g/mol. The summed E-state index contributed by atoms with van der Waals surface area (Å²) in [5.41, 5.74) is 0.672. The normalized spacial score (nSPS) is 22.1. The highest BCUT2D eigenvalue weighted by atomic mass is 16.6. The zero-order valence-electron chi connectivity index (χ0n) is 11.5. The van der Waals surface area contributed by atoms with Crippen LogP contribution in [0.5, 0.6) is 0 Å². The Balaban J connectivity index is 2.17. The number of ether oxygens (including phenoxy) is 1. The second-order valence-corrected chi connectivity index (χ2v) is 4.95. The fraction of sp³-hybridized carbons (Fsp3) is 0.750. The molecule has 19 heavy (non-hydrogen) atoms. The van der Waals surface area contributed by atoms with E-state index in [0.29, 0.717) is 17.9 Å². The van der Waals surface area contributed by atoms with E-state index in [1.54, 1.807) is 18.8 Å². The van der Waals surface area contributed by atoms with Crippen molar-refractivity contribution < 1.29 is 9.66 Å². The Morgan fingerprint density at radius 2 is 2.26 bits per heavy atom. The lowest BCUT2D eigenvalue weighted by Crippen LogP contribution is -2.40. The SMILES string of the molecule is CCCc1nn(C)c(NC2CC(OC)C2)c1[N+](=O)[O-]. The van der Waals surface area contributed by atoms with Crippen molar-refractivity contribution in [2.45, 2.75) is 44.8 Å². The third kappa shape index (κ3) is 2.70. The minimum Gasteiger partial charge on any atom is -0.381 e. The molecular weight excluding hydrogens is 248 g/mol. The topological polar surface area (TPSA) is 82.2 Å². The highest BCUT2D eigenvalue weighted by molar-refractivity contribution is 5.60. The summed E-state index contributed by atoms with van der Waals surface area (Å²) in [5.74, 6) is 0.507. The quantitative estimate of drug-likeness (QED) is 0.629. The summed E-state index contributed by atoms with van der Waals surface area (Å²) in [4.78, 5) is 10.9. The molecule has 1 heterocycles. The number of hydrogen-bond donors (Lipinski definition) is 1. The van der Waals surface area contributed by atoms with E-state index < -0.39 is 0 Å². The van der Waals surface area contributed by atoms with Crippen LogP contribution >= 0.6 is 0 Å². The molecule has 0 aromatic carbocycles. The van der Waals surface area contributed by atoms with E-state index in [2.05, 4.69) is 10.4 Å². The lowest BCUT2D eigenvalue weighted by Gasteiger charge is -2.34. The van der Waals surface area contributed by atoms with Gasteiger partial charge in [0.15, 0.2) is 0 Å². The summed E-state index contributed by atoms with van der Waals surface area (Å²) >= 11 is 0. The van der Waals surface area contributed by atoms with Gasteiger partial charge in [-0.05, 0) is 19.3 Å². The third-order valence-electron chi connectivity index (χ3n) is 3.53. The van der Waals surface area contributed by atoms with Crippen molar-refractivity contribution in [1.29, 1.82) is 0 Å². The van der Waals surface area contributed by atoms with E-state index in [0.717, 1.165) is 19.3 Å². The fourth-order valence-electron chi connectivity index (χ4n) is 2.40. The Morgan fingerprint density at radius 3 is 2.79 bits per heavy atom. The summed E-state index contributed by atoms with van der Waals surface area (Å²) in [6.45, 7) is 1.99. The van der Waals surface area contributed by atoms with Crippen molar-refractivity contribution in [1.82, 2.24) is 9.78 Å². The maximum absolute atomic E-state index is 11.2. The summed E-state index contributed by atoms with van der Waals surface area (Å²) < 4.78 is 6.78. The maximum Gasteiger partial charge on any atom is 0.333 e. The molecule has 7 nitrogen and oxygen atoms in total. The van der Waals surface area contributed by atoms with Crippen molar-refractivity contribution in [2.75, 3.05) is 12.4 Å². The molecule has 1 N–H and O–H groups in total. The molecule has 0 unspecified atom stereocenters. The lowest BCUT2D eigenvalue weighted by molar-refractivity contribution is -0.384. The first-order valence-electron chi connectivity index (χ1n) is 6.56. The Hall–Kier alpha value is -1.63. The molecule has 2 rings (SSSR count). The number of hydrogen-bond acceptors (Lipinski definition) is 5. The van der Waals surface area contributed by atoms with Crippen LogP contribution in [-0.4, -0.2) is 34.0 Å². The number of methoxy groups -OCH3 is 1. The van der Waals surface area contributed by atoms with Crippen LogP contribution in [0.15, 0.2) is 0 Å². The van der Waals surface area contributed by atoms with Crippen molar-refractivity contribution in [2.24, 2.45) is 7.05 Å². The van der Waals surface area contributed by atoms with E-state index >= 15 is 0 Å². The molecular formula is C12H20N4O3. The molecule has 0 radical (unpaired) electrons. The Bertz CT molecular complexity index is 466. The summed E-state index contributed by atoms with van der Waals surface area (Å²) in [5, 5.41) is 18.7. The first-order valence-corrected chi connectivity index (χ1v) is 6.56. The molecule has 1 aliphatic carbocycles.